The zero-order chi connectivity index (χ0) is 23.9. The Hall–Kier alpha value is -1.83. The number of piperidine rings is 1. The van der Waals surface area contributed by atoms with Crippen LogP contribution in [0.1, 0.15) is 55.2 Å². The highest BCUT2D eigenvalue weighted by atomic mass is 32.2. The molecular weight excluding hydrogens is 462 g/mol. The van der Waals surface area contributed by atoms with Gasteiger partial charge in [-0.25, -0.2) is 4.39 Å². The van der Waals surface area contributed by atoms with Crippen molar-refractivity contribution < 1.29 is 22.7 Å². The molecule has 0 radical (unpaired) electrons. The average Bonchev–Trinajstić information content (AvgIpc) is 2.82. The van der Waals surface area contributed by atoms with Crippen molar-refractivity contribution in [3.63, 3.8) is 0 Å². The molecule has 2 aromatic carbocycles. The molecule has 1 aliphatic carbocycles. The minimum absolute atomic E-state index is 0.247. The number of likely N-dealkylation sites (tertiary alicyclic amines) is 1. The van der Waals surface area contributed by atoms with E-state index >= 15 is 0 Å². The first-order valence-corrected chi connectivity index (χ1v) is 12.9. The molecule has 2 aliphatic heterocycles. The van der Waals surface area contributed by atoms with Crippen LogP contribution < -0.4 is 0 Å². The fourth-order valence-corrected chi connectivity index (χ4v) is 6.87. The normalized spacial score (nSPS) is 23.6. The number of fused-ring (bicyclic) bond motifs is 2. The van der Waals surface area contributed by atoms with Crippen molar-refractivity contribution in [2.24, 2.45) is 11.8 Å². The summed E-state index contributed by atoms with van der Waals surface area (Å²) in [4.78, 5) is 3.94. The number of benzene rings is 2. The van der Waals surface area contributed by atoms with E-state index in [4.69, 9.17) is 0 Å². The van der Waals surface area contributed by atoms with E-state index in [9.17, 15) is 22.7 Å². The van der Waals surface area contributed by atoms with Gasteiger partial charge < -0.3 is 10.0 Å². The van der Waals surface area contributed by atoms with Crippen LogP contribution in [0, 0.1) is 17.7 Å². The summed E-state index contributed by atoms with van der Waals surface area (Å²) in [5, 5.41) is 9.75. The molecule has 2 heterocycles. The van der Waals surface area contributed by atoms with Crippen molar-refractivity contribution >= 4 is 17.3 Å². The second-order valence-corrected chi connectivity index (χ2v) is 10.8. The third-order valence-corrected chi connectivity index (χ3v) is 8.75. The fraction of sp³-hybridized carbons (Fsp3) is 0.481. The fourth-order valence-electron chi connectivity index (χ4n) is 5.77. The summed E-state index contributed by atoms with van der Waals surface area (Å²) in [5.41, 5.74) is 2.78. The Labute approximate surface area is 202 Å². The van der Waals surface area contributed by atoms with Gasteiger partial charge >= 0.3 is 6.18 Å². The monoisotopic (exact) mass is 491 g/mol. The van der Waals surface area contributed by atoms with Crippen LogP contribution in [0.2, 0.25) is 0 Å². The highest BCUT2D eigenvalue weighted by Gasteiger charge is 2.34. The van der Waals surface area contributed by atoms with E-state index in [1.165, 1.54) is 48.9 Å². The Bertz CT molecular complexity index is 1090. The Morgan fingerprint density at radius 3 is 2.35 bits per heavy atom. The predicted molar refractivity (Wildman–Crippen MR) is 126 cm³/mol. The zero-order valence-corrected chi connectivity index (χ0v) is 19.8. The molecule has 1 saturated carbocycles. The van der Waals surface area contributed by atoms with Gasteiger partial charge in [0.25, 0.3) is 0 Å². The molecule has 2 atom stereocenters. The average molecular weight is 492 g/mol. The second-order valence-electron chi connectivity index (χ2n) is 9.72. The van der Waals surface area contributed by atoms with Crippen LogP contribution in [0.3, 0.4) is 0 Å². The molecule has 2 fully saturated rings. The summed E-state index contributed by atoms with van der Waals surface area (Å²) in [5.74, 6) is 0.544. The third kappa shape index (κ3) is 4.79. The quantitative estimate of drug-likeness (QED) is 0.399. The topological polar surface area (TPSA) is 23.5 Å². The van der Waals surface area contributed by atoms with Gasteiger partial charge in [-0.1, -0.05) is 36.2 Å². The number of halogens is 4. The van der Waals surface area contributed by atoms with Gasteiger partial charge in [0.2, 0.25) is 0 Å². The summed E-state index contributed by atoms with van der Waals surface area (Å²) in [6, 6.07) is 8.48. The van der Waals surface area contributed by atoms with Gasteiger partial charge in [0.15, 0.2) is 0 Å². The van der Waals surface area contributed by atoms with Crippen LogP contribution in [0.4, 0.5) is 17.6 Å². The minimum Gasteiger partial charge on any atom is -0.396 e. The molecule has 0 amide bonds. The number of nitrogens with zero attached hydrogens (tertiary/aromatic N) is 1. The van der Waals surface area contributed by atoms with E-state index in [2.05, 4.69) is 4.90 Å². The molecule has 1 saturated heterocycles. The summed E-state index contributed by atoms with van der Waals surface area (Å²) < 4.78 is 54.5. The molecule has 7 heteroatoms. The maximum Gasteiger partial charge on any atom is 0.416 e. The summed E-state index contributed by atoms with van der Waals surface area (Å²) in [7, 11) is 0. The molecular formula is C27H29F4NOS. The lowest BCUT2D eigenvalue weighted by atomic mass is 9.79. The van der Waals surface area contributed by atoms with Crippen molar-refractivity contribution in [3.8, 4) is 0 Å². The Kier molecular flexibility index (Phi) is 6.79. The van der Waals surface area contributed by atoms with Crippen molar-refractivity contribution in [2.75, 3.05) is 26.2 Å². The maximum absolute atomic E-state index is 14.0. The molecule has 1 N–H and O–H groups in total. The van der Waals surface area contributed by atoms with E-state index in [1.54, 1.807) is 6.07 Å². The number of alkyl halides is 3. The molecule has 2 unspecified atom stereocenters. The highest BCUT2D eigenvalue weighted by Crippen LogP contribution is 2.49. The van der Waals surface area contributed by atoms with E-state index in [-0.39, 0.29) is 12.4 Å². The molecule has 182 valence electrons. The first-order chi connectivity index (χ1) is 16.3. The molecule has 5 rings (SSSR count). The Balaban J connectivity index is 1.45. The van der Waals surface area contributed by atoms with E-state index in [0.29, 0.717) is 17.4 Å². The molecule has 34 heavy (non-hydrogen) atoms. The molecule has 3 aliphatic rings. The number of rotatable bonds is 3. The van der Waals surface area contributed by atoms with Crippen LogP contribution in [0.15, 0.2) is 51.8 Å². The number of aliphatic hydroxyl groups excluding tert-OH is 1. The third-order valence-electron chi connectivity index (χ3n) is 7.62. The van der Waals surface area contributed by atoms with Crippen molar-refractivity contribution in [1.29, 1.82) is 0 Å². The van der Waals surface area contributed by atoms with Crippen LogP contribution >= 0.6 is 11.8 Å². The minimum atomic E-state index is -4.41. The second kappa shape index (κ2) is 9.67. The first kappa shape index (κ1) is 23.9. The van der Waals surface area contributed by atoms with Gasteiger partial charge in [0, 0.05) is 36.0 Å². The first-order valence-electron chi connectivity index (χ1n) is 12.1. The van der Waals surface area contributed by atoms with Crippen molar-refractivity contribution in [1.82, 2.24) is 4.90 Å². The van der Waals surface area contributed by atoms with Gasteiger partial charge in [0.1, 0.15) is 5.82 Å². The van der Waals surface area contributed by atoms with Gasteiger partial charge in [-0.3, -0.25) is 0 Å². The summed E-state index contributed by atoms with van der Waals surface area (Å²) in [6.07, 6.45) is 1.80. The van der Waals surface area contributed by atoms with Crippen LogP contribution in [0.5, 0.6) is 0 Å². The largest absolute Gasteiger partial charge is 0.416 e. The van der Waals surface area contributed by atoms with Crippen LogP contribution in [-0.4, -0.2) is 36.2 Å². The molecule has 2 nitrogen and oxygen atoms in total. The lowest BCUT2D eigenvalue weighted by molar-refractivity contribution is -0.137. The van der Waals surface area contributed by atoms with Crippen molar-refractivity contribution in [3.05, 3.63) is 64.5 Å². The molecule has 0 aromatic heterocycles. The summed E-state index contributed by atoms with van der Waals surface area (Å²) in [6.45, 7) is 2.92. The molecule has 0 spiro atoms. The predicted octanol–water partition coefficient (Wildman–Crippen LogP) is 7.01. The Morgan fingerprint density at radius 2 is 1.65 bits per heavy atom. The lowest BCUT2D eigenvalue weighted by Gasteiger charge is -2.37. The number of aliphatic hydroxyl groups is 1. The zero-order valence-electron chi connectivity index (χ0n) is 19.0. The van der Waals surface area contributed by atoms with Gasteiger partial charge in [-0.2, -0.15) is 13.2 Å². The molecule has 0 bridgehead atoms. The number of hydrogen-bond donors (Lipinski definition) is 1. The van der Waals surface area contributed by atoms with Gasteiger partial charge in [-0.05, 0) is 84.6 Å². The van der Waals surface area contributed by atoms with E-state index in [0.717, 1.165) is 77.9 Å². The van der Waals surface area contributed by atoms with Crippen LogP contribution in [-0.2, 0) is 6.18 Å². The van der Waals surface area contributed by atoms with Crippen LogP contribution in [0.25, 0.3) is 5.57 Å². The Morgan fingerprint density at radius 1 is 0.912 bits per heavy atom. The SMILES string of the molecule is OCC1CCCCC1CN1CCC(=C2c3ccc(F)cc3Sc3ccc(C(F)(F)F)cc32)CC1. The van der Waals surface area contributed by atoms with Gasteiger partial charge in [0.05, 0.1) is 5.56 Å². The van der Waals surface area contributed by atoms with Gasteiger partial charge in [-0.15, -0.1) is 0 Å². The smallest absolute Gasteiger partial charge is 0.396 e. The van der Waals surface area contributed by atoms with Crippen molar-refractivity contribution in [2.45, 2.75) is 54.5 Å². The highest BCUT2D eigenvalue weighted by molar-refractivity contribution is 7.99. The van der Waals surface area contributed by atoms with E-state index in [1.807, 2.05) is 0 Å². The standard InChI is InChI=1S/C27H29F4NOS/c28-21-6-7-22-25(14-21)34-24-8-5-20(27(29,30)31)13-23(24)26(22)17-9-11-32(12-10-17)15-18-3-1-2-4-19(18)16-33/h5-8,13-14,18-19,33H,1-4,9-12,15-16H2. The summed E-state index contributed by atoms with van der Waals surface area (Å²) >= 11 is 1.33. The maximum atomic E-state index is 14.0. The molecule has 2 aromatic rings. The number of hydrogen-bond acceptors (Lipinski definition) is 3. The lowest BCUT2D eigenvalue weighted by Crippen LogP contribution is -2.39. The van der Waals surface area contributed by atoms with E-state index < -0.39 is 11.7 Å².